The number of hydrogen-bond acceptors (Lipinski definition) is 8. The Bertz CT molecular complexity index is 594. The van der Waals surface area contributed by atoms with E-state index in [1.165, 1.54) is 0 Å². The molecule has 0 aliphatic heterocycles. The van der Waals surface area contributed by atoms with E-state index in [-0.39, 0.29) is 24.3 Å². The van der Waals surface area contributed by atoms with Gasteiger partial charge in [-0.2, -0.15) is 5.26 Å². The first-order chi connectivity index (χ1) is 15.4. The number of methoxy groups -OCH3 is 1. The van der Waals surface area contributed by atoms with Gasteiger partial charge in [0.1, 0.15) is 0 Å². The molecule has 0 aromatic carbocycles. The first-order valence-electron chi connectivity index (χ1n) is 12.1. The molecule has 0 rings (SSSR count). The van der Waals surface area contributed by atoms with Crippen molar-refractivity contribution in [3.63, 3.8) is 0 Å². The summed E-state index contributed by atoms with van der Waals surface area (Å²) < 4.78 is 44.8. The maximum absolute atomic E-state index is 13.2. The van der Waals surface area contributed by atoms with Crippen LogP contribution in [0.5, 0.6) is 0 Å². The maximum atomic E-state index is 13.2. The van der Waals surface area contributed by atoms with Crippen molar-refractivity contribution < 1.29 is 27.4 Å². The number of ether oxygens (including phenoxy) is 1. The van der Waals surface area contributed by atoms with Gasteiger partial charge in [0.2, 0.25) is 0 Å². The molecule has 0 aliphatic carbocycles. The summed E-state index contributed by atoms with van der Waals surface area (Å²) >= 11 is 0. The molecule has 0 aromatic heterocycles. The lowest BCUT2D eigenvalue weighted by atomic mass is 10.0. The number of hydrogen-bond donors (Lipinski definition) is 0. The molecule has 3 unspecified atom stereocenters. The Balaban J connectivity index is 5.21. The van der Waals surface area contributed by atoms with E-state index in [4.69, 9.17) is 28.1 Å². The van der Waals surface area contributed by atoms with Gasteiger partial charge >= 0.3 is 7.60 Å². The zero-order chi connectivity index (χ0) is 25.7. The Hall–Kier alpha value is -0.0900. The van der Waals surface area contributed by atoms with Gasteiger partial charge in [-0.05, 0) is 81.6 Å². The van der Waals surface area contributed by atoms with Gasteiger partial charge < -0.3 is 22.8 Å². The van der Waals surface area contributed by atoms with Crippen LogP contribution in [0.2, 0.25) is 0 Å². The number of nitriles is 1. The highest BCUT2D eigenvalue weighted by atomic mass is 31.2. The second-order valence-electron chi connectivity index (χ2n) is 9.17. The van der Waals surface area contributed by atoms with E-state index in [0.29, 0.717) is 32.7 Å². The molecule has 33 heavy (non-hydrogen) atoms. The molecule has 0 aliphatic rings. The molecular formula is C23H48N2O6P2. The van der Waals surface area contributed by atoms with Crippen molar-refractivity contribution in [1.82, 2.24) is 4.67 Å². The van der Waals surface area contributed by atoms with Crippen molar-refractivity contribution in [1.29, 1.82) is 5.26 Å². The molecule has 3 atom stereocenters. The van der Waals surface area contributed by atoms with E-state index in [1.807, 2.05) is 34.6 Å². The van der Waals surface area contributed by atoms with Crippen LogP contribution in [0.15, 0.2) is 0 Å². The van der Waals surface area contributed by atoms with E-state index in [9.17, 15) is 4.57 Å². The van der Waals surface area contributed by atoms with Crippen LogP contribution >= 0.6 is 16.1 Å². The predicted molar refractivity (Wildman–Crippen MR) is 135 cm³/mol. The van der Waals surface area contributed by atoms with Crippen LogP contribution in [0.1, 0.15) is 88.0 Å². The average Bonchev–Trinajstić information content (AvgIpc) is 2.70. The minimum atomic E-state index is -3.21. The Kier molecular flexibility index (Phi) is 16.5. The molecule has 0 heterocycles. The minimum Gasteiger partial charge on any atom is -0.379 e. The highest BCUT2D eigenvalue weighted by Gasteiger charge is 2.43. The monoisotopic (exact) mass is 510 g/mol. The van der Waals surface area contributed by atoms with E-state index in [1.54, 1.807) is 7.11 Å². The molecule has 10 heteroatoms. The van der Waals surface area contributed by atoms with E-state index >= 15 is 0 Å². The lowest BCUT2D eigenvalue weighted by Gasteiger charge is -2.38. The van der Waals surface area contributed by atoms with Gasteiger partial charge in [0, 0.05) is 19.2 Å². The van der Waals surface area contributed by atoms with Gasteiger partial charge in [-0.15, -0.1) is 0 Å². The molecule has 0 radical (unpaired) electrons. The summed E-state index contributed by atoms with van der Waals surface area (Å²) in [5.41, 5.74) is 0. The van der Waals surface area contributed by atoms with E-state index in [0.717, 1.165) is 12.8 Å². The Labute approximate surface area is 204 Å². The second kappa shape index (κ2) is 16.6. The van der Waals surface area contributed by atoms with Crippen molar-refractivity contribution in [3.8, 4) is 6.07 Å². The van der Waals surface area contributed by atoms with Crippen molar-refractivity contribution in [2.45, 2.75) is 117 Å². The van der Waals surface area contributed by atoms with Gasteiger partial charge in [-0.3, -0.25) is 4.57 Å². The topological polar surface area (TPSA) is 90.3 Å². The Morgan fingerprint density at radius 2 is 1.61 bits per heavy atom. The van der Waals surface area contributed by atoms with E-state index in [2.05, 4.69) is 38.4 Å². The molecule has 0 saturated heterocycles. The standard InChI is InChI=1S/C23H48N2O6P2/c1-11-29-33(26,30-12-2)23(8,9)16-13-15-22(27-10)21(7)31-32(28-18-14-17-24)25(19(3)4)20(5)6/h19-22H,11-16,18H2,1-10H3. The smallest absolute Gasteiger partial charge is 0.336 e. The van der Waals surface area contributed by atoms with Crippen molar-refractivity contribution in [3.05, 3.63) is 0 Å². The third-order valence-corrected chi connectivity index (χ3v) is 10.5. The van der Waals surface area contributed by atoms with E-state index < -0.39 is 21.3 Å². The van der Waals surface area contributed by atoms with Gasteiger partial charge in [-0.25, -0.2) is 4.67 Å². The number of rotatable bonds is 19. The number of nitrogens with zero attached hydrogens (tertiary/aromatic N) is 2. The predicted octanol–water partition coefficient (Wildman–Crippen LogP) is 6.90. The van der Waals surface area contributed by atoms with Gasteiger partial charge in [0.05, 0.1) is 49.7 Å². The highest BCUT2D eigenvalue weighted by molar-refractivity contribution is 7.55. The second-order valence-corrected chi connectivity index (χ2v) is 13.3. The first kappa shape index (κ1) is 32.9. The highest BCUT2D eigenvalue weighted by Crippen LogP contribution is 2.61. The molecule has 0 fully saturated rings. The third-order valence-electron chi connectivity index (χ3n) is 5.36. The van der Waals surface area contributed by atoms with Crippen LogP contribution in [0.25, 0.3) is 0 Å². The summed E-state index contributed by atoms with van der Waals surface area (Å²) in [6, 6.07) is 2.59. The maximum Gasteiger partial charge on any atom is 0.336 e. The fraction of sp³-hybridized carbons (Fsp3) is 0.957. The first-order valence-corrected chi connectivity index (χ1v) is 14.7. The van der Waals surface area contributed by atoms with Crippen LogP contribution in [-0.4, -0.2) is 61.0 Å². The van der Waals surface area contributed by atoms with Crippen LogP contribution in [-0.2, 0) is 27.4 Å². The Morgan fingerprint density at radius 3 is 2.03 bits per heavy atom. The van der Waals surface area contributed by atoms with Gasteiger partial charge in [0.25, 0.3) is 8.53 Å². The summed E-state index contributed by atoms with van der Waals surface area (Å²) in [6.07, 6.45) is 2.16. The summed E-state index contributed by atoms with van der Waals surface area (Å²) in [5.74, 6) is 0. The fourth-order valence-corrected chi connectivity index (χ4v) is 7.26. The van der Waals surface area contributed by atoms with Crippen LogP contribution in [0, 0.1) is 11.3 Å². The third kappa shape index (κ3) is 11.0. The zero-order valence-corrected chi connectivity index (χ0v) is 24.3. The molecule has 0 bridgehead atoms. The molecule has 0 amide bonds. The fourth-order valence-electron chi connectivity index (χ4n) is 3.65. The lowest BCUT2D eigenvalue weighted by Crippen LogP contribution is -2.36. The Morgan fingerprint density at radius 1 is 1.06 bits per heavy atom. The van der Waals surface area contributed by atoms with Crippen LogP contribution in [0.4, 0.5) is 0 Å². The molecule has 196 valence electrons. The molecule has 0 spiro atoms. The van der Waals surface area contributed by atoms with Crippen LogP contribution < -0.4 is 0 Å². The van der Waals surface area contributed by atoms with Gasteiger partial charge in [-0.1, -0.05) is 0 Å². The lowest BCUT2D eigenvalue weighted by molar-refractivity contribution is -0.00392. The minimum absolute atomic E-state index is 0.148. The van der Waals surface area contributed by atoms with Crippen molar-refractivity contribution in [2.75, 3.05) is 26.9 Å². The zero-order valence-electron chi connectivity index (χ0n) is 22.5. The summed E-state index contributed by atoms with van der Waals surface area (Å²) in [7, 11) is -2.87. The molecule has 0 aromatic rings. The summed E-state index contributed by atoms with van der Waals surface area (Å²) in [5, 5.41) is 8.30. The quantitative estimate of drug-likeness (QED) is 0.137. The normalized spacial score (nSPS) is 15.8. The molecule has 8 nitrogen and oxygen atoms in total. The van der Waals surface area contributed by atoms with Crippen molar-refractivity contribution in [2.24, 2.45) is 0 Å². The van der Waals surface area contributed by atoms with Crippen molar-refractivity contribution >= 4 is 16.1 Å². The molecule has 0 N–H and O–H groups in total. The van der Waals surface area contributed by atoms with Gasteiger partial charge in [0.15, 0.2) is 0 Å². The largest absolute Gasteiger partial charge is 0.379 e. The molecular weight excluding hydrogens is 462 g/mol. The summed E-state index contributed by atoms with van der Waals surface area (Å²) in [6.45, 7) is 19.0. The summed E-state index contributed by atoms with van der Waals surface area (Å²) in [4.78, 5) is 0. The molecule has 0 saturated carbocycles. The van der Waals surface area contributed by atoms with Crippen LogP contribution in [0.3, 0.4) is 0 Å². The average molecular weight is 511 g/mol. The SMILES string of the molecule is CCOP(=O)(OCC)C(C)(C)CCCC(OC)C(C)OP(OCCC#N)N(C(C)C)C(C)C.